The van der Waals surface area contributed by atoms with Gasteiger partial charge in [0.2, 0.25) is 0 Å². The van der Waals surface area contributed by atoms with Gasteiger partial charge in [-0.15, -0.1) is 0 Å². The summed E-state index contributed by atoms with van der Waals surface area (Å²) in [4.78, 5) is 13.3. The lowest BCUT2D eigenvalue weighted by molar-refractivity contribution is 0.00465. The van der Waals surface area contributed by atoms with E-state index >= 15 is 0 Å². The predicted molar refractivity (Wildman–Crippen MR) is 56.7 cm³/mol. The number of nitrogens with zero attached hydrogens (tertiary/aromatic N) is 1. The van der Waals surface area contributed by atoms with Crippen LogP contribution in [0.3, 0.4) is 0 Å². The molecule has 0 saturated carbocycles. The topological polar surface area (TPSA) is 61.8 Å². The fourth-order valence-electron chi connectivity index (χ4n) is 1.48. The smallest absolute Gasteiger partial charge is 0.410 e. The average molecular weight is 216 g/mol. The molecule has 0 aliphatic carbocycles. The van der Waals surface area contributed by atoms with Gasteiger partial charge >= 0.3 is 6.09 Å². The number of hydrogen-bond acceptors (Lipinski definition) is 4. The highest BCUT2D eigenvalue weighted by Gasteiger charge is 2.29. The van der Waals surface area contributed by atoms with Crippen molar-refractivity contribution in [3.63, 3.8) is 0 Å². The van der Waals surface area contributed by atoms with E-state index in [1.807, 2.05) is 20.8 Å². The van der Waals surface area contributed by atoms with Crippen molar-refractivity contribution in [1.29, 1.82) is 0 Å². The standard InChI is InChI=1S/C10H20N2O3/c1-10(2,3)15-9(14)12-5-4-11-6-8(12)7-13/h8,11,13H,4-7H2,1-3H3/t8-/m0/s1. The number of aliphatic hydroxyl groups is 1. The number of ether oxygens (including phenoxy) is 1. The molecule has 0 aromatic heterocycles. The van der Waals surface area contributed by atoms with Crippen LogP contribution in [0.15, 0.2) is 0 Å². The molecule has 1 aliphatic heterocycles. The highest BCUT2D eigenvalue weighted by molar-refractivity contribution is 5.68. The van der Waals surface area contributed by atoms with Crippen molar-refractivity contribution >= 4 is 6.09 Å². The summed E-state index contributed by atoms with van der Waals surface area (Å²) in [6, 6.07) is -0.173. The SMILES string of the molecule is CC(C)(C)OC(=O)N1CCNC[C@H]1CO. The zero-order valence-corrected chi connectivity index (χ0v) is 9.62. The largest absolute Gasteiger partial charge is 0.444 e. The van der Waals surface area contributed by atoms with E-state index in [1.54, 1.807) is 4.90 Å². The van der Waals surface area contributed by atoms with Crippen molar-refractivity contribution in [3.05, 3.63) is 0 Å². The lowest BCUT2D eigenvalue weighted by Crippen LogP contribution is -2.56. The Kier molecular flexibility index (Phi) is 3.93. The molecule has 1 rings (SSSR count). The van der Waals surface area contributed by atoms with Crippen LogP contribution in [-0.4, -0.2) is 54.0 Å². The Morgan fingerprint density at radius 2 is 2.27 bits per heavy atom. The summed E-state index contributed by atoms with van der Waals surface area (Å²) >= 11 is 0. The minimum atomic E-state index is -0.484. The molecule has 88 valence electrons. The zero-order valence-electron chi connectivity index (χ0n) is 9.62. The average Bonchev–Trinajstić information content (AvgIpc) is 2.15. The first-order valence-corrected chi connectivity index (χ1v) is 5.25. The van der Waals surface area contributed by atoms with Gasteiger partial charge in [0.25, 0.3) is 0 Å². The van der Waals surface area contributed by atoms with Crippen LogP contribution < -0.4 is 5.32 Å². The summed E-state index contributed by atoms with van der Waals surface area (Å²) in [5, 5.41) is 12.2. The maximum absolute atomic E-state index is 11.7. The van der Waals surface area contributed by atoms with Gasteiger partial charge in [0, 0.05) is 19.6 Å². The molecule has 15 heavy (non-hydrogen) atoms. The number of piperazine rings is 1. The van der Waals surface area contributed by atoms with Crippen LogP contribution in [0, 0.1) is 0 Å². The Morgan fingerprint density at radius 1 is 1.60 bits per heavy atom. The molecular weight excluding hydrogens is 196 g/mol. The van der Waals surface area contributed by atoms with Gasteiger partial charge in [-0.25, -0.2) is 4.79 Å². The molecule has 1 aliphatic rings. The number of nitrogens with one attached hydrogen (secondary N) is 1. The third-order valence-corrected chi connectivity index (χ3v) is 2.19. The molecule has 0 aromatic carbocycles. The highest BCUT2D eigenvalue weighted by atomic mass is 16.6. The minimum absolute atomic E-state index is 0.0355. The minimum Gasteiger partial charge on any atom is -0.444 e. The van der Waals surface area contributed by atoms with Gasteiger partial charge in [0.05, 0.1) is 12.6 Å². The maximum Gasteiger partial charge on any atom is 0.410 e. The van der Waals surface area contributed by atoms with Crippen LogP contribution in [0.25, 0.3) is 0 Å². The Labute approximate surface area is 90.4 Å². The van der Waals surface area contributed by atoms with E-state index < -0.39 is 5.60 Å². The first-order valence-electron chi connectivity index (χ1n) is 5.25. The van der Waals surface area contributed by atoms with Crippen LogP contribution in [-0.2, 0) is 4.74 Å². The zero-order chi connectivity index (χ0) is 11.5. The summed E-state index contributed by atoms with van der Waals surface area (Å²) in [6.45, 7) is 7.42. The number of hydrogen-bond donors (Lipinski definition) is 2. The third-order valence-electron chi connectivity index (χ3n) is 2.19. The van der Waals surface area contributed by atoms with E-state index in [4.69, 9.17) is 9.84 Å². The van der Waals surface area contributed by atoms with Gasteiger partial charge in [0.15, 0.2) is 0 Å². The number of rotatable bonds is 1. The third kappa shape index (κ3) is 3.68. The first kappa shape index (κ1) is 12.3. The summed E-state index contributed by atoms with van der Waals surface area (Å²) in [5.41, 5.74) is -0.484. The van der Waals surface area contributed by atoms with Gasteiger partial charge in [-0.05, 0) is 20.8 Å². The van der Waals surface area contributed by atoms with Crippen molar-refractivity contribution < 1.29 is 14.6 Å². The normalized spacial score (nSPS) is 22.7. The van der Waals surface area contributed by atoms with Crippen molar-refractivity contribution in [2.45, 2.75) is 32.4 Å². The lowest BCUT2D eigenvalue weighted by atomic mass is 10.2. The molecule has 1 saturated heterocycles. The molecule has 5 heteroatoms. The van der Waals surface area contributed by atoms with E-state index in [2.05, 4.69) is 5.32 Å². The van der Waals surface area contributed by atoms with Gasteiger partial charge < -0.3 is 20.1 Å². The van der Waals surface area contributed by atoms with E-state index in [-0.39, 0.29) is 18.7 Å². The Morgan fingerprint density at radius 3 is 2.80 bits per heavy atom. The molecule has 5 nitrogen and oxygen atoms in total. The van der Waals surface area contributed by atoms with Gasteiger partial charge in [-0.2, -0.15) is 0 Å². The van der Waals surface area contributed by atoms with Gasteiger partial charge in [-0.3, -0.25) is 0 Å². The molecule has 0 aromatic rings. The maximum atomic E-state index is 11.7. The molecule has 1 atom stereocenters. The Hall–Kier alpha value is -0.810. The number of carbonyl (C=O) groups excluding carboxylic acids is 1. The molecule has 1 heterocycles. The summed E-state index contributed by atoms with van der Waals surface area (Å²) in [7, 11) is 0. The Balaban J connectivity index is 2.56. The lowest BCUT2D eigenvalue weighted by Gasteiger charge is -2.36. The second-order valence-corrected chi connectivity index (χ2v) is 4.71. The van der Waals surface area contributed by atoms with Crippen LogP contribution in [0.5, 0.6) is 0 Å². The van der Waals surface area contributed by atoms with E-state index in [0.29, 0.717) is 13.1 Å². The molecule has 1 amide bonds. The summed E-state index contributed by atoms with van der Waals surface area (Å²) in [6.07, 6.45) is -0.344. The number of amides is 1. The van der Waals surface area contributed by atoms with Crippen molar-refractivity contribution in [3.8, 4) is 0 Å². The number of carbonyl (C=O) groups is 1. The second kappa shape index (κ2) is 4.81. The molecular formula is C10H20N2O3. The van der Waals surface area contributed by atoms with E-state index in [1.165, 1.54) is 0 Å². The van der Waals surface area contributed by atoms with Gasteiger partial charge in [0.1, 0.15) is 5.60 Å². The fourth-order valence-corrected chi connectivity index (χ4v) is 1.48. The van der Waals surface area contributed by atoms with Crippen molar-refractivity contribution in [2.75, 3.05) is 26.2 Å². The van der Waals surface area contributed by atoms with Gasteiger partial charge in [-0.1, -0.05) is 0 Å². The van der Waals surface area contributed by atoms with Crippen molar-refractivity contribution in [2.24, 2.45) is 0 Å². The van der Waals surface area contributed by atoms with E-state index in [9.17, 15) is 4.79 Å². The Bertz CT molecular complexity index is 225. The van der Waals surface area contributed by atoms with Crippen LogP contribution in [0.2, 0.25) is 0 Å². The second-order valence-electron chi connectivity index (χ2n) is 4.71. The molecule has 0 bridgehead atoms. The quantitative estimate of drug-likeness (QED) is 0.656. The fraction of sp³-hybridized carbons (Fsp3) is 0.900. The summed E-state index contributed by atoms with van der Waals surface area (Å²) < 4.78 is 5.26. The first-order chi connectivity index (χ1) is 6.94. The van der Waals surface area contributed by atoms with E-state index in [0.717, 1.165) is 6.54 Å². The predicted octanol–water partition coefficient (Wildman–Crippen LogP) is 0.188. The molecule has 0 radical (unpaired) electrons. The monoisotopic (exact) mass is 216 g/mol. The van der Waals surface area contributed by atoms with Crippen LogP contribution in [0.1, 0.15) is 20.8 Å². The van der Waals surface area contributed by atoms with Crippen LogP contribution in [0.4, 0.5) is 4.79 Å². The molecule has 0 unspecified atom stereocenters. The number of aliphatic hydroxyl groups excluding tert-OH is 1. The summed E-state index contributed by atoms with van der Waals surface area (Å²) in [5.74, 6) is 0. The molecule has 2 N–H and O–H groups in total. The highest BCUT2D eigenvalue weighted by Crippen LogP contribution is 2.12. The molecule has 1 fully saturated rings. The van der Waals surface area contributed by atoms with Crippen LogP contribution >= 0.6 is 0 Å². The van der Waals surface area contributed by atoms with Crippen molar-refractivity contribution in [1.82, 2.24) is 10.2 Å². The molecule has 0 spiro atoms.